The van der Waals surface area contributed by atoms with Crippen LogP contribution in [0.2, 0.25) is 0 Å². The van der Waals surface area contributed by atoms with Crippen LogP contribution in [0.15, 0.2) is 16.5 Å². The molecular formula is C16H21N3O2S2. The number of aromatic nitrogens is 2. The van der Waals surface area contributed by atoms with Crippen molar-refractivity contribution in [3.05, 3.63) is 28.8 Å². The minimum absolute atomic E-state index is 0.0457. The van der Waals surface area contributed by atoms with Gasteiger partial charge in [-0.3, -0.25) is 10.1 Å². The largest absolute Gasteiger partial charge is 0.483 e. The molecule has 124 valence electrons. The molecule has 0 atom stereocenters. The summed E-state index contributed by atoms with van der Waals surface area (Å²) in [6.07, 6.45) is 0. The van der Waals surface area contributed by atoms with Crippen molar-refractivity contribution in [1.82, 2.24) is 10.2 Å². The predicted octanol–water partition coefficient (Wildman–Crippen LogP) is 3.98. The molecule has 5 nitrogen and oxygen atoms in total. The Hall–Kier alpha value is -1.60. The standard InChI is InChI=1S/C16H21N3O2S2/c1-9(2)22-16-19-18-15(23-16)17-14(20)8-21-13-7-10(3)6-11(4)12(13)5/h6-7,9H,8H2,1-5H3,(H,17,18,20). The van der Waals surface area contributed by atoms with E-state index in [1.54, 1.807) is 11.8 Å². The minimum atomic E-state index is -0.235. The maximum Gasteiger partial charge on any atom is 0.264 e. The molecule has 0 saturated carbocycles. The number of benzene rings is 1. The van der Waals surface area contributed by atoms with Crippen LogP contribution in [-0.4, -0.2) is 28.0 Å². The van der Waals surface area contributed by atoms with Crippen LogP contribution in [0.3, 0.4) is 0 Å². The summed E-state index contributed by atoms with van der Waals surface area (Å²) >= 11 is 3.00. The number of hydrogen-bond donors (Lipinski definition) is 1. The Morgan fingerprint density at radius 3 is 2.74 bits per heavy atom. The highest BCUT2D eigenvalue weighted by atomic mass is 32.2. The van der Waals surface area contributed by atoms with Crippen molar-refractivity contribution in [3.8, 4) is 5.75 Å². The molecule has 7 heteroatoms. The third kappa shape index (κ3) is 5.21. The van der Waals surface area contributed by atoms with Gasteiger partial charge >= 0.3 is 0 Å². The molecule has 0 aliphatic carbocycles. The van der Waals surface area contributed by atoms with Crippen LogP contribution in [0.4, 0.5) is 5.13 Å². The third-order valence-electron chi connectivity index (χ3n) is 3.11. The van der Waals surface area contributed by atoms with Crippen LogP contribution in [0.5, 0.6) is 5.75 Å². The van der Waals surface area contributed by atoms with Crippen LogP contribution in [0.25, 0.3) is 0 Å². The number of rotatable bonds is 6. The highest BCUT2D eigenvalue weighted by molar-refractivity contribution is 8.01. The molecule has 23 heavy (non-hydrogen) atoms. The first-order chi connectivity index (χ1) is 10.8. The molecule has 0 bridgehead atoms. The number of carbonyl (C=O) groups is 1. The van der Waals surface area contributed by atoms with Crippen LogP contribution >= 0.6 is 23.1 Å². The second-order valence-corrected chi connectivity index (χ2v) is 8.38. The summed E-state index contributed by atoms with van der Waals surface area (Å²) in [7, 11) is 0. The number of nitrogens with zero attached hydrogens (tertiary/aromatic N) is 2. The molecular weight excluding hydrogens is 330 g/mol. The quantitative estimate of drug-likeness (QED) is 0.630. The van der Waals surface area contributed by atoms with E-state index in [4.69, 9.17) is 4.74 Å². The van der Waals surface area contributed by atoms with E-state index < -0.39 is 0 Å². The lowest BCUT2D eigenvalue weighted by molar-refractivity contribution is -0.118. The lowest BCUT2D eigenvalue weighted by atomic mass is 10.1. The SMILES string of the molecule is Cc1cc(C)c(C)c(OCC(=O)Nc2nnc(SC(C)C)s2)c1. The van der Waals surface area contributed by atoms with Gasteiger partial charge in [-0.25, -0.2) is 0 Å². The van der Waals surface area contributed by atoms with Gasteiger partial charge in [0.25, 0.3) is 5.91 Å². The smallest absolute Gasteiger partial charge is 0.264 e. The number of carbonyl (C=O) groups excluding carboxylic acids is 1. The van der Waals surface area contributed by atoms with Gasteiger partial charge in [-0.05, 0) is 43.5 Å². The van der Waals surface area contributed by atoms with E-state index in [2.05, 4.69) is 35.4 Å². The van der Waals surface area contributed by atoms with E-state index >= 15 is 0 Å². The van der Waals surface area contributed by atoms with Gasteiger partial charge in [-0.2, -0.15) is 0 Å². The summed E-state index contributed by atoms with van der Waals surface area (Å²) in [6, 6.07) is 4.04. The molecule has 1 N–H and O–H groups in total. The second-order valence-electron chi connectivity index (χ2n) is 5.58. The molecule has 1 heterocycles. The van der Waals surface area contributed by atoms with Gasteiger partial charge in [0.05, 0.1) is 0 Å². The number of aryl methyl sites for hydroxylation is 2. The Bertz CT molecular complexity index is 699. The van der Waals surface area contributed by atoms with Crippen LogP contribution < -0.4 is 10.1 Å². The Balaban J connectivity index is 1.92. The Labute approximate surface area is 144 Å². The fourth-order valence-corrected chi connectivity index (χ4v) is 3.95. The number of thioether (sulfide) groups is 1. The van der Waals surface area contributed by atoms with E-state index in [0.717, 1.165) is 26.8 Å². The van der Waals surface area contributed by atoms with Crippen molar-refractivity contribution >= 4 is 34.1 Å². The van der Waals surface area contributed by atoms with Crippen LogP contribution in [-0.2, 0) is 4.79 Å². The van der Waals surface area contributed by atoms with E-state index in [1.165, 1.54) is 11.3 Å². The summed E-state index contributed by atoms with van der Waals surface area (Å²) in [6.45, 7) is 10.2. The summed E-state index contributed by atoms with van der Waals surface area (Å²) < 4.78 is 6.49. The molecule has 0 radical (unpaired) electrons. The minimum Gasteiger partial charge on any atom is -0.483 e. The van der Waals surface area contributed by atoms with E-state index in [1.807, 2.05) is 26.8 Å². The van der Waals surface area contributed by atoms with Gasteiger partial charge in [0.1, 0.15) is 5.75 Å². The topological polar surface area (TPSA) is 64.1 Å². The highest BCUT2D eigenvalue weighted by Gasteiger charge is 2.11. The number of ether oxygens (including phenoxy) is 1. The van der Waals surface area contributed by atoms with Crippen LogP contribution in [0, 0.1) is 20.8 Å². The average molecular weight is 351 g/mol. The lowest BCUT2D eigenvalue weighted by Gasteiger charge is -2.11. The molecule has 0 saturated heterocycles. The van der Waals surface area contributed by atoms with Gasteiger partial charge < -0.3 is 4.74 Å². The van der Waals surface area contributed by atoms with Crippen molar-refractivity contribution < 1.29 is 9.53 Å². The summed E-state index contributed by atoms with van der Waals surface area (Å²) in [5.41, 5.74) is 3.32. The normalized spacial score (nSPS) is 10.9. The van der Waals surface area contributed by atoms with Crippen molar-refractivity contribution in [2.75, 3.05) is 11.9 Å². The molecule has 1 aromatic heterocycles. The zero-order valence-electron chi connectivity index (χ0n) is 14.0. The van der Waals surface area contributed by atoms with Gasteiger partial charge in [0.2, 0.25) is 5.13 Å². The molecule has 1 aromatic carbocycles. The Kier molecular flexibility index (Phi) is 6.01. The number of amides is 1. The molecule has 1 amide bonds. The third-order valence-corrected chi connectivity index (χ3v) is 5.04. The molecule has 0 unspecified atom stereocenters. The fraction of sp³-hybridized carbons (Fsp3) is 0.438. The Morgan fingerprint density at radius 1 is 1.30 bits per heavy atom. The molecule has 0 spiro atoms. The van der Waals surface area contributed by atoms with E-state index in [0.29, 0.717) is 10.4 Å². The molecule has 2 rings (SSSR count). The number of nitrogens with one attached hydrogen (secondary N) is 1. The maximum atomic E-state index is 12.0. The molecule has 2 aromatic rings. The van der Waals surface area contributed by atoms with Gasteiger partial charge in [0.15, 0.2) is 10.9 Å². The first-order valence-corrected chi connectivity index (χ1v) is 9.05. The summed E-state index contributed by atoms with van der Waals surface area (Å²) in [4.78, 5) is 12.0. The van der Waals surface area contributed by atoms with Crippen LogP contribution in [0.1, 0.15) is 30.5 Å². The van der Waals surface area contributed by atoms with Gasteiger partial charge in [0, 0.05) is 5.25 Å². The Morgan fingerprint density at radius 2 is 2.04 bits per heavy atom. The van der Waals surface area contributed by atoms with Crippen molar-refractivity contribution in [2.24, 2.45) is 0 Å². The second kappa shape index (κ2) is 7.79. The number of hydrogen-bond acceptors (Lipinski definition) is 6. The fourth-order valence-electron chi connectivity index (χ4n) is 1.96. The zero-order chi connectivity index (χ0) is 17.0. The first kappa shape index (κ1) is 17.7. The van der Waals surface area contributed by atoms with E-state index in [-0.39, 0.29) is 12.5 Å². The van der Waals surface area contributed by atoms with Crippen molar-refractivity contribution in [1.29, 1.82) is 0 Å². The number of anilines is 1. The van der Waals surface area contributed by atoms with Gasteiger partial charge in [-0.15, -0.1) is 10.2 Å². The summed E-state index contributed by atoms with van der Waals surface area (Å²) in [5.74, 6) is 0.506. The lowest BCUT2D eigenvalue weighted by Crippen LogP contribution is -2.20. The van der Waals surface area contributed by atoms with E-state index in [9.17, 15) is 4.79 Å². The molecule has 0 aliphatic rings. The predicted molar refractivity (Wildman–Crippen MR) is 95.7 cm³/mol. The molecule has 0 fully saturated rings. The highest BCUT2D eigenvalue weighted by Crippen LogP contribution is 2.28. The molecule has 0 aliphatic heterocycles. The van der Waals surface area contributed by atoms with Crippen molar-refractivity contribution in [3.63, 3.8) is 0 Å². The monoisotopic (exact) mass is 351 g/mol. The first-order valence-electron chi connectivity index (χ1n) is 7.36. The van der Waals surface area contributed by atoms with Gasteiger partial charge in [-0.1, -0.05) is 43.0 Å². The maximum absolute atomic E-state index is 12.0. The van der Waals surface area contributed by atoms with Crippen molar-refractivity contribution in [2.45, 2.75) is 44.2 Å². The average Bonchev–Trinajstić information content (AvgIpc) is 2.87. The summed E-state index contributed by atoms with van der Waals surface area (Å²) in [5, 5.41) is 11.7. The zero-order valence-corrected chi connectivity index (χ0v) is 15.6.